The van der Waals surface area contributed by atoms with Gasteiger partial charge in [-0.15, -0.1) is 20.4 Å². The van der Waals surface area contributed by atoms with Gasteiger partial charge in [-0.25, -0.2) is 0 Å². The number of anilines is 1. The number of hydrogen-bond donors (Lipinski definition) is 1. The van der Waals surface area contributed by atoms with Gasteiger partial charge >= 0.3 is 6.18 Å². The number of nitrogens with one attached hydrogen (secondary N) is 1. The Hall–Kier alpha value is -2.54. The van der Waals surface area contributed by atoms with E-state index in [-0.39, 0.29) is 28.3 Å². The second-order valence-electron chi connectivity index (χ2n) is 6.95. The Morgan fingerprint density at radius 1 is 1.13 bits per heavy atom. The summed E-state index contributed by atoms with van der Waals surface area (Å²) >= 11 is 1.48. The van der Waals surface area contributed by atoms with Crippen molar-refractivity contribution in [3.8, 4) is 11.4 Å². The van der Waals surface area contributed by atoms with E-state index in [1.54, 1.807) is 12.4 Å². The average molecular weight is 470 g/mol. The Balaban J connectivity index is 1.48. The molecule has 1 amide bonds. The number of thioether (sulfide) groups is 1. The minimum absolute atomic E-state index is 0.0396. The van der Waals surface area contributed by atoms with Gasteiger partial charge in [0, 0.05) is 24.0 Å². The molecule has 0 aliphatic heterocycles. The number of rotatable bonds is 6. The summed E-state index contributed by atoms with van der Waals surface area (Å²) in [7, 11) is 0. The van der Waals surface area contributed by atoms with Gasteiger partial charge in [0.05, 0.1) is 5.75 Å². The number of pyridine rings is 1. The number of hydrogen-bond acceptors (Lipinski definition) is 8. The lowest BCUT2D eigenvalue weighted by atomic mass is 9.95. The predicted molar refractivity (Wildman–Crippen MR) is 110 cm³/mol. The fourth-order valence-corrected chi connectivity index (χ4v) is 4.85. The van der Waals surface area contributed by atoms with Gasteiger partial charge < -0.3 is 0 Å². The molecule has 3 heterocycles. The average Bonchev–Trinajstić information content (AvgIpc) is 3.40. The minimum Gasteiger partial charge on any atom is -0.300 e. The first-order chi connectivity index (χ1) is 14.9. The zero-order chi connectivity index (χ0) is 21.8. The number of nitrogens with zero attached hydrogens (tertiary/aromatic N) is 6. The molecule has 0 spiro atoms. The summed E-state index contributed by atoms with van der Waals surface area (Å²) in [5.41, 5.74) is 0.887. The number of carbonyl (C=O) groups is 1. The highest BCUT2D eigenvalue weighted by Crippen LogP contribution is 2.36. The molecule has 1 N–H and O–H groups in total. The van der Waals surface area contributed by atoms with Gasteiger partial charge in [-0.1, -0.05) is 42.4 Å². The lowest BCUT2D eigenvalue weighted by molar-refractivity contribution is -0.138. The van der Waals surface area contributed by atoms with E-state index in [9.17, 15) is 18.0 Å². The molecule has 0 atom stereocenters. The molecule has 8 nitrogen and oxygen atoms in total. The van der Waals surface area contributed by atoms with Crippen molar-refractivity contribution in [1.82, 2.24) is 29.9 Å². The largest absolute Gasteiger partial charge is 0.445 e. The minimum atomic E-state index is -4.59. The Kier molecular flexibility index (Phi) is 6.51. The maximum atomic E-state index is 12.6. The highest BCUT2D eigenvalue weighted by molar-refractivity contribution is 7.99. The standard InChI is InChI=1S/C18H18F3N7OS2/c19-18(20,21)15-25-26-16(31-15)23-13(29)10-30-17-27-24-14(11-6-8-22-9-7-11)28(17)12-4-2-1-3-5-12/h6-9,12H,1-5,10H2,(H,23,26,29). The number of alkyl halides is 3. The third-order valence-corrected chi connectivity index (χ3v) is 6.62. The van der Waals surface area contributed by atoms with E-state index in [1.807, 2.05) is 12.1 Å². The summed E-state index contributed by atoms with van der Waals surface area (Å²) in [5.74, 6) is 0.192. The molecule has 1 aliphatic carbocycles. The van der Waals surface area contributed by atoms with Crippen molar-refractivity contribution in [2.24, 2.45) is 0 Å². The lowest BCUT2D eigenvalue weighted by Crippen LogP contribution is -2.17. The normalized spacial score (nSPS) is 15.2. The highest BCUT2D eigenvalue weighted by atomic mass is 32.2. The van der Waals surface area contributed by atoms with E-state index in [2.05, 4.69) is 35.3 Å². The van der Waals surface area contributed by atoms with Gasteiger partial charge in [-0.05, 0) is 25.0 Å². The Morgan fingerprint density at radius 3 is 2.55 bits per heavy atom. The number of carbonyl (C=O) groups excluding carboxylic acids is 1. The first kappa shape index (κ1) is 21.7. The van der Waals surface area contributed by atoms with Gasteiger partial charge in [-0.2, -0.15) is 13.2 Å². The summed E-state index contributed by atoms with van der Waals surface area (Å²) in [6.45, 7) is 0. The van der Waals surface area contributed by atoms with Gasteiger partial charge in [0.1, 0.15) is 0 Å². The third-order valence-electron chi connectivity index (χ3n) is 4.79. The highest BCUT2D eigenvalue weighted by Gasteiger charge is 2.35. The zero-order valence-electron chi connectivity index (χ0n) is 16.2. The van der Waals surface area contributed by atoms with Crippen LogP contribution in [0.1, 0.15) is 43.2 Å². The SMILES string of the molecule is O=C(CSc1nnc(-c2ccncc2)n1C1CCCCC1)Nc1nnc(C(F)(F)F)s1. The molecule has 0 radical (unpaired) electrons. The molecule has 164 valence electrons. The Labute approximate surface area is 183 Å². The third kappa shape index (κ3) is 5.21. The second kappa shape index (κ2) is 9.30. The van der Waals surface area contributed by atoms with Crippen LogP contribution in [-0.4, -0.2) is 41.6 Å². The Morgan fingerprint density at radius 2 is 1.87 bits per heavy atom. The molecule has 1 saturated carbocycles. The molecule has 3 aromatic rings. The van der Waals surface area contributed by atoms with Gasteiger partial charge in [0.25, 0.3) is 0 Å². The van der Waals surface area contributed by atoms with Gasteiger partial charge in [0.2, 0.25) is 16.0 Å². The maximum Gasteiger partial charge on any atom is 0.445 e. The Bertz CT molecular complexity index is 1030. The monoisotopic (exact) mass is 469 g/mol. The number of halogens is 3. The van der Waals surface area contributed by atoms with Crippen LogP contribution in [0.2, 0.25) is 0 Å². The molecule has 1 fully saturated rings. The van der Waals surface area contributed by atoms with Crippen LogP contribution >= 0.6 is 23.1 Å². The van der Waals surface area contributed by atoms with E-state index in [0.29, 0.717) is 5.16 Å². The van der Waals surface area contributed by atoms with E-state index >= 15 is 0 Å². The van der Waals surface area contributed by atoms with Crippen LogP contribution in [0.15, 0.2) is 29.7 Å². The summed E-state index contributed by atoms with van der Waals surface area (Å²) in [6, 6.07) is 3.95. The van der Waals surface area contributed by atoms with Crippen LogP contribution in [0.3, 0.4) is 0 Å². The fraction of sp³-hybridized carbons (Fsp3) is 0.444. The molecule has 0 unspecified atom stereocenters. The van der Waals surface area contributed by atoms with Crippen molar-refractivity contribution in [2.75, 3.05) is 11.1 Å². The van der Waals surface area contributed by atoms with Crippen LogP contribution in [0.4, 0.5) is 18.3 Å². The van der Waals surface area contributed by atoms with Crippen molar-refractivity contribution >= 4 is 34.1 Å². The molecule has 1 aliphatic rings. The molecule has 0 aromatic carbocycles. The summed E-state index contributed by atoms with van der Waals surface area (Å²) in [5, 5.41) is 16.7. The first-order valence-electron chi connectivity index (χ1n) is 9.60. The van der Waals surface area contributed by atoms with Crippen LogP contribution in [0.25, 0.3) is 11.4 Å². The van der Waals surface area contributed by atoms with Crippen LogP contribution in [0.5, 0.6) is 0 Å². The lowest BCUT2D eigenvalue weighted by Gasteiger charge is -2.25. The van der Waals surface area contributed by atoms with E-state index in [1.165, 1.54) is 18.2 Å². The molecular weight excluding hydrogens is 451 g/mol. The number of amides is 1. The molecule has 0 bridgehead atoms. The molecule has 0 saturated heterocycles. The molecule has 4 rings (SSSR count). The maximum absolute atomic E-state index is 12.6. The van der Waals surface area contributed by atoms with Gasteiger partial charge in [0.15, 0.2) is 11.0 Å². The van der Waals surface area contributed by atoms with E-state index in [0.717, 1.165) is 37.1 Å². The fourth-order valence-electron chi connectivity index (χ4n) is 3.42. The van der Waals surface area contributed by atoms with E-state index < -0.39 is 17.1 Å². The summed E-state index contributed by atoms with van der Waals surface area (Å²) in [6.07, 6.45) is 4.20. The van der Waals surface area contributed by atoms with Crippen LogP contribution in [-0.2, 0) is 11.0 Å². The summed E-state index contributed by atoms with van der Waals surface area (Å²) < 4.78 is 40.0. The second-order valence-corrected chi connectivity index (χ2v) is 8.87. The molecule has 3 aromatic heterocycles. The zero-order valence-corrected chi connectivity index (χ0v) is 17.8. The topological polar surface area (TPSA) is 98.5 Å². The summed E-state index contributed by atoms with van der Waals surface area (Å²) in [4.78, 5) is 16.3. The van der Waals surface area contributed by atoms with Gasteiger partial charge in [-0.3, -0.25) is 19.7 Å². The van der Waals surface area contributed by atoms with Crippen molar-refractivity contribution in [3.05, 3.63) is 29.5 Å². The smallest absolute Gasteiger partial charge is 0.300 e. The quantitative estimate of drug-likeness (QED) is 0.533. The first-order valence-corrected chi connectivity index (χ1v) is 11.4. The molecule has 13 heteroatoms. The predicted octanol–water partition coefficient (Wildman–Crippen LogP) is 4.45. The van der Waals surface area contributed by atoms with Crippen LogP contribution < -0.4 is 5.32 Å². The van der Waals surface area contributed by atoms with Crippen molar-refractivity contribution in [2.45, 2.75) is 49.5 Å². The van der Waals surface area contributed by atoms with Crippen molar-refractivity contribution < 1.29 is 18.0 Å². The van der Waals surface area contributed by atoms with Crippen LogP contribution in [0, 0.1) is 0 Å². The number of aromatic nitrogens is 6. The van der Waals surface area contributed by atoms with Crippen molar-refractivity contribution in [3.63, 3.8) is 0 Å². The van der Waals surface area contributed by atoms with Crippen molar-refractivity contribution in [1.29, 1.82) is 0 Å². The molecular formula is C18H18F3N7OS2. The molecule has 31 heavy (non-hydrogen) atoms. The van der Waals surface area contributed by atoms with E-state index in [4.69, 9.17) is 0 Å².